The van der Waals surface area contributed by atoms with Crippen molar-refractivity contribution in [3.05, 3.63) is 28.8 Å². The van der Waals surface area contributed by atoms with Crippen LogP contribution in [0.25, 0.3) is 0 Å². The Morgan fingerprint density at radius 2 is 2.06 bits per heavy atom. The second kappa shape index (κ2) is 5.07. The zero-order valence-corrected chi connectivity index (χ0v) is 10.3. The summed E-state index contributed by atoms with van der Waals surface area (Å²) in [5, 5.41) is 0.678. The number of benzene rings is 1. The largest absolute Gasteiger partial charge is 0.487 e. The van der Waals surface area contributed by atoms with Crippen LogP contribution in [0.1, 0.15) is 31.2 Å². The van der Waals surface area contributed by atoms with E-state index in [0.717, 1.165) is 24.2 Å². The van der Waals surface area contributed by atoms with Crippen LogP contribution in [0.5, 0.6) is 5.75 Å². The summed E-state index contributed by atoms with van der Waals surface area (Å²) in [4.78, 5) is 0. The van der Waals surface area contributed by atoms with Crippen molar-refractivity contribution in [1.29, 1.82) is 0 Å². The van der Waals surface area contributed by atoms with Crippen molar-refractivity contribution in [3.63, 3.8) is 0 Å². The van der Waals surface area contributed by atoms with Crippen LogP contribution in [-0.4, -0.2) is 12.1 Å². The molecule has 2 N–H and O–H groups in total. The summed E-state index contributed by atoms with van der Waals surface area (Å²) < 4.78 is 5.90. The molecule has 1 aliphatic carbocycles. The Morgan fingerprint density at radius 3 is 2.75 bits per heavy atom. The third-order valence-corrected chi connectivity index (χ3v) is 3.41. The maximum atomic E-state index is 6.13. The van der Waals surface area contributed by atoms with Gasteiger partial charge in [-0.2, -0.15) is 0 Å². The highest BCUT2D eigenvalue weighted by atomic mass is 35.5. The zero-order chi connectivity index (χ0) is 11.5. The molecule has 0 spiro atoms. The Kier molecular flexibility index (Phi) is 3.72. The van der Waals surface area contributed by atoms with Crippen molar-refractivity contribution in [1.82, 2.24) is 0 Å². The number of aryl methyl sites for hydroxylation is 1. The summed E-state index contributed by atoms with van der Waals surface area (Å²) in [6, 6.07) is 6.01. The summed E-state index contributed by atoms with van der Waals surface area (Å²) in [5.74, 6) is 0.759. The molecule has 88 valence electrons. The Balaban J connectivity index is 2.07. The quantitative estimate of drug-likeness (QED) is 0.860. The maximum Gasteiger partial charge on any atom is 0.138 e. The van der Waals surface area contributed by atoms with Crippen LogP contribution < -0.4 is 10.5 Å². The van der Waals surface area contributed by atoms with E-state index in [1.165, 1.54) is 12.8 Å². The average Bonchev–Trinajstić information content (AvgIpc) is 2.25. The first-order chi connectivity index (χ1) is 7.66. The summed E-state index contributed by atoms with van der Waals surface area (Å²) in [5.41, 5.74) is 7.18. The van der Waals surface area contributed by atoms with Gasteiger partial charge in [0.1, 0.15) is 11.9 Å². The molecule has 1 saturated carbocycles. The lowest BCUT2D eigenvalue weighted by Crippen LogP contribution is -2.41. The molecule has 16 heavy (non-hydrogen) atoms. The summed E-state index contributed by atoms with van der Waals surface area (Å²) in [6.07, 6.45) is 4.61. The van der Waals surface area contributed by atoms with Gasteiger partial charge in [0.05, 0.1) is 5.02 Å². The van der Waals surface area contributed by atoms with Gasteiger partial charge < -0.3 is 10.5 Å². The Hall–Kier alpha value is -0.730. The average molecular weight is 240 g/mol. The van der Waals surface area contributed by atoms with Gasteiger partial charge in [-0.1, -0.05) is 24.1 Å². The van der Waals surface area contributed by atoms with E-state index in [4.69, 9.17) is 22.1 Å². The van der Waals surface area contributed by atoms with Crippen LogP contribution in [0.15, 0.2) is 18.2 Å². The van der Waals surface area contributed by atoms with E-state index in [1.807, 2.05) is 25.1 Å². The fourth-order valence-electron chi connectivity index (χ4n) is 2.14. The molecular formula is C13H18ClNO. The van der Waals surface area contributed by atoms with Gasteiger partial charge in [-0.3, -0.25) is 0 Å². The predicted octanol–water partition coefficient (Wildman–Crippen LogP) is 3.30. The molecule has 1 aliphatic rings. The standard InChI is InChI=1S/C13H18ClNO/c1-9-6-7-12(10(14)8-9)16-13-5-3-2-4-11(13)15/h6-8,11,13H,2-5,15H2,1H3. The third-order valence-electron chi connectivity index (χ3n) is 3.12. The molecule has 0 amide bonds. The molecule has 1 fully saturated rings. The molecule has 2 rings (SSSR count). The number of rotatable bonds is 2. The van der Waals surface area contributed by atoms with Gasteiger partial charge in [-0.25, -0.2) is 0 Å². The molecule has 0 saturated heterocycles. The first-order valence-electron chi connectivity index (χ1n) is 5.85. The predicted molar refractivity (Wildman–Crippen MR) is 67.0 cm³/mol. The minimum absolute atomic E-state index is 0.119. The van der Waals surface area contributed by atoms with Crippen LogP contribution in [0.4, 0.5) is 0 Å². The third kappa shape index (κ3) is 2.69. The van der Waals surface area contributed by atoms with Gasteiger partial charge in [0.25, 0.3) is 0 Å². The summed E-state index contributed by atoms with van der Waals surface area (Å²) in [6.45, 7) is 2.02. The van der Waals surface area contributed by atoms with Gasteiger partial charge in [0.2, 0.25) is 0 Å². The molecular weight excluding hydrogens is 222 g/mol. The molecule has 2 unspecified atom stereocenters. The van der Waals surface area contributed by atoms with E-state index < -0.39 is 0 Å². The van der Waals surface area contributed by atoms with Crippen molar-refractivity contribution >= 4 is 11.6 Å². The second-order valence-corrected chi connectivity index (χ2v) is 4.95. The highest BCUT2D eigenvalue weighted by Crippen LogP contribution is 2.29. The Labute approximate surface area is 102 Å². The highest BCUT2D eigenvalue weighted by molar-refractivity contribution is 6.32. The first kappa shape index (κ1) is 11.7. The molecule has 0 aliphatic heterocycles. The molecule has 1 aromatic rings. The topological polar surface area (TPSA) is 35.2 Å². The Morgan fingerprint density at radius 1 is 1.31 bits per heavy atom. The monoisotopic (exact) mass is 239 g/mol. The number of ether oxygens (including phenoxy) is 1. The number of hydrogen-bond donors (Lipinski definition) is 1. The van der Waals surface area contributed by atoms with Crippen LogP contribution in [0.3, 0.4) is 0 Å². The fourth-order valence-corrected chi connectivity index (χ4v) is 2.42. The molecule has 0 bridgehead atoms. The number of nitrogens with two attached hydrogens (primary N) is 1. The van der Waals surface area contributed by atoms with Crippen molar-refractivity contribution in [2.75, 3.05) is 0 Å². The lowest BCUT2D eigenvalue weighted by Gasteiger charge is -2.29. The van der Waals surface area contributed by atoms with E-state index >= 15 is 0 Å². The zero-order valence-electron chi connectivity index (χ0n) is 9.58. The van der Waals surface area contributed by atoms with E-state index in [9.17, 15) is 0 Å². The minimum Gasteiger partial charge on any atom is -0.487 e. The van der Waals surface area contributed by atoms with Crippen molar-refractivity contribution in [2.45, 2.75) is 44.8 Å². The highest BCUT2D eigenvalue weighted by Gasteiger charge is 2.23. The summed E-state index contributed by atoms with van der Waals surface area (Å²) in [7, 11) is 0. The van der Waals surface area contributed by atoms with Crippen LogP contribution in [0.2, 0.25) is 5.02 Å². The molecule has 2 nitrogen and oxygen atoms in total. The Bertz CT molecular complexity index is 367. The molecule has 0 heterocycles. The fraction of sp³-hybridized carbons (Fsp3) is 0.538. The van der Waals surface area contributed by atoms with E-state index in [0.29, 0.717) is 5.02 Å². The minimum atomic E-state index is 0.119. The van der Waals surface area contributed by atoms with Gasteiger partial charge in [0.15, 0.2) is 0 Å². The molecule has 0 radical (unpaired) electrons. The lowest BCUT2D eigenvalue weighted by molar-refractivity contribution is 0.132. The first-order valence-corrected chi connectivity index (χ1v) is 6.23. The van der Waals surface area contributed by atoms with E-state index in [1.54, 1.807) is 0 Å². The molecule has 0 aromatic heterocycles. The van der Waals surface area contributed by atoms with Crippen LogP contribution >= 0.6 is 11.6 Å². The van der Waals surface area contributed by atoms with Gasteiger partial charge in [-0.15, -0.1) is 0 Å². The van der Waals surface area contributed by atoms with Crippen molar-refractivity contribution in [2.24, 2.45) is 5.73 Å². The maximum absolute atomic E-state index is 6.13. The lowest BCUT2D eigenvalue weighted by atomic mass is 9.93. The smallest absolute Gasteiger partial charge is 0.138 e. The molecule has 3 heteroatoms. The van der Waals surface area contributed by atoms with Gasteiger partial charge in [-0.05, 0) is 43.9 Å². The number of halogens is 1. The number of hydrogen-bond acceptors (Lipinski definition) is 2. The SMILES string of the molecule is Cc1ccc(OC2CCCCC2N)c(Cl)c1. The van der Waals surface area contributed by atoms with Crippen molar-refractivity contribution in [3.8, 4) is 5.75 Å². The van der Waals surface area contributed by atoms with E-state index in [-0.39, 0.29) is 12.1 Å². The molecule has 1 aromatic carbocycles. The molecule has 2 atom stereocenters. The van der Waals surface area contributed by atoms with Crippen LogP contribution in [-0.2, 0) is 0 Å². The summed E-state index contributed by atoms with van der Waals surface area (Å²) >= 11 is 6.13. The van der Waals surface area contributed by atoms with Crippen molar-refractivity contribution < 1.29 is 4.74 Å². The van der Waals surface area contributed by atoms with Gasteiger partial charge in [0, 0.05) is 6.04 Å². The van der Waals surface area contributed by atoms with Crippen LogP contribution in [0, 0.1) is 6.92 Å². The van der Waals surface area contributed by atoms with Gasteiger partial charge >= 0.3 is 0 Å². The second-order valence-electron chi connectivity index (χ2n) is 4.54. The normalized spacial score (nSPS) is 25.4. The van der Waals surface area contributed by atoms with E-state index in [2.05, 4.69) is 0 Å².